The van der Waals surface area contributed by atoms with Crippen LogP contribution in [0.25, 0.3) is 0 Å². The molecule has 2 rings (SSSR count). The number of ether oxygens (including phenoxy) is 1. The lowest BCUT2D eigenvalue weighted by molar-refractivity contribution is 0.245. The summed E-state index contributed by atoms with van der Waals surface area (Å²) in [4.78, 5) is 2.39. The van der Waals surface area contributed by atoms with Crippen molar-refractivity contribution < 1.29 is 13.2 Å². The van der Waals surface area contributed by atoms with Gasteiger partial charge in [0.15, 0.2) is 0 Å². The second kappa shape index (κ2) is 10.7. The van der Waals surface area contributed by atoms with Gasteiger partial charge in [0.1, 0.15) is 10.6 Å². The molecule has 1 fully saturated rings. The van der Waals surface area contributed by atoms with Gasteiger partial charge in [-0.25, -0.2) is 13.1 Å². The standard InChI is InChI=1S/C13H20BrN3O3S.2ClH/c1-20-12-3-2-11(14)10-13(12)21(18,19)16-6-9-17-7-4-15-5-8-17;;/h2-3,10,15-16H,4-9H2,1H3;2*1H. The van der Waals surface area contributed by atoms with E-state index < -0.39 is 10.0 Å². The van der Waals surface area contributed by atoms with E-state index in [-0.39, 0.29) is 29.7 Å². The fourth-order valence-electron chi connectivity index (χ4n) is 2.21. The Hall–Kier alpha value is -0.0900. The first-order valence-corrected chi connectivity index (χ1v) is 9.07. The van der Waals surface area contributed by atoms with Gasteiger partial charge in [-0.1, -0.05) is 15.9 Å². The molecule has 1 saturated heterocycles. The molecule has 0 saturated carbocycles. The first-order valence-electron chi connectivity index (χ1n) is 6.79. The lowest BCUT2D eigenvalue weighted by Gasteiger charge is -2.27. The summed E-state index contributed by atoms with van der Waals surface area (Å²) in [7, 11) is -2.11. The maximum atomic E-state index is 12.4. The molecule has 0 bridgehead atoms. The van der Waals surface area contributed by atoms with Gasteiger partial charge in [-0.2, -0.15) is 0 Å². The fourth-order valence-corrected chi connectivity index (χ4v) is 3.94. The Morgan fingerprint density at radius 3 is 2.57 bits per heavy atom. The number of hydrogen-bond donors (Lipinski definition) is 2. The molecule has 0 amide bonds. The van der Waals surface area contributed by atoms with Crippen LogP contribution in [-0.4, -0.2) is 59.7 Å². The van der Waals surface area contributed by atoms with Crippen molar-refractivity contribution in [1.29, 1.82) is 0 Å². The van der Waals surface area contributed by atoms with Crippen LogP contribution in [0.3, 0.4) is 0 Å². The normalized spacial score (nSPS) is 15.4. The minimum absolute atomic E-state index is 0. The third-order valence-corrected chi connectivity index (χ3v) is 5.32. The molecular weight excluding hydrogens is 429 g/mol. The Morgan fingerprint density at radius 1 is 1.30 bits per heavy atom. The van der Waals surface area contributed by atoms with Gasteiger partial charge in [0, 0.05) is 43.7 Å². The predicted molar refractivity (Wildman–Crippen MR) is 99.7 cm³/mol. The molecule has 0 unspecified atom stereocenters. The fraction of sp³-hybridized carbons (Fsp3) is 0.538. The van der Waals surface area contributed by atoms with Gasteiger partial charge in [-0.15, -0.1) is 24.8 Å². The Labute approximate surface area is 158 Å². The average Bonchev–Trinajstić information content (AvgIpc) is 2.48. The number of benzene rings is 1. The van der Waals surface area contributed by atoms with Gasteiger partial charge in [0.2, 0.25) is 10.0 Å². The van der Waals surface area contributed by atoms with Crippen LogP contribution in [0.15, 0.2) is 27.6 Å². The first-order chi connectivity index (χ1) is 10.0. The monoisotopic (exact) mass is 449 g/mol. The molecule has 6 nitrogen and oxygen atoms in total. The van der Waals surface area contributed by atoms with Crippen LogP contribution in [0.5, 0.6) is 5.75 Å². The summed E-state index contributed by atoms with van der Waals surface area (Å²) in [6, 6.07) is 4.93. The van der Waals surface area contributed by atoms with E-state index in [9.17, 15) is 8.42 Å². The van der Waals surface area contributed by atoms with Crippen LogP contribution in [-0.2, 0) is 10.0 Å². The number of nitrogens with one attached hydrogen (secondary N) is 2. The maximum Gasteiger partial charge on any atom is 0.244 e. The molecule has 1 aliphatic rings. The zero-order chi connectivity index (χ0) is 15.3. The summed E-state index contributed by atoms with van der Waals surface area (Å²) in [5, 5.41) is 3.27. The summed E-state index contributed by atoms with van der Waals surface area (Å²) in [5.74, 6) is 0.341. The average molecular weight is 451 g/mol. The van der Waals surface area contributed by atoms with Gasteiger partial charge in [-0.3, -0.25) is 4.90 Å². The van der Waals surface area contributed by atoms with Gasteiger partial charge >= 0.3 is 0 Å². The molecule has 0 aromatic heterocycles. The van der Waals surface area contributed by atoms with E-state index in [1.165, 1.54) is 7.11 Å². The van der Waals surface area contributed by atoms with Crippen molar-refractivity contribution >= 4 is 50.8 Å². The molecule has 1 aromatic carbocycles. The molecule has 134 valence electrons. The number of methoxy groups -OCH3 is 1. The summed E-state index contributed by atoms with van der Waals surface area (Å²) in [5.41, 5.74) is 0. The van der Waals surface area contributed by atoms with Crippen molar-refractivity contribution in [1.82, 2.24) is 14.9 Å². The van der Waals surface area contributed by atoms with Gasteiger partial charge in [0.05, 0.1) is 7.11 Å². The van der Waals surface area contributed by atoms with Crippen molar-refractivity contribution in [2.45, 2.75) is 4.90 Å². The highest BCUT2D eigenvalue weighted by Crippen LogP contribution is 2.26. The maximum absolute atomic E-state index is 12.4. The smallest absolute Gasteiger partial charge is 0.244 e. The van der Waals surface area contributed by atoms with Crippen LogP contribution in [0, 0.1) is 0 Å². The van der Waals surface area contributed by atoms with Crippen molar-refractivity contribution in [3.8, 4) is 5.75 Å². The van der Waals surface area contributed by atoms with Crippen molar-refractivity contribution in [2.75, 3.05) is 46.4 Å². The molecule has 0 aliphatic carbocycles. The second-order valence-electron chi connectivity index (χ2n) is 4.78. The molecule has 1 aromatic rings. The number of piperazine rings is 1. The number of halogens is 3. The Balaban J connectivity index is 0.00000242. The topological polar surface area (TPSA) is 70.7 Å². The highest BCUT2D eigenvalue weighted by Gasteiger charge is 2.20. The van der Waals surface area contributed by atoms with Crippen LogP contribution < -0.4 is 14.8 Å². The highest BCUT2D eigenvalue weighted by molar-refractivity contribution is 9.10. The van der Waals surface area contributed by atoms with Crippen LogP contribution in [0.2, 0.25) is 0 Å². The number of nitrogens with zero attached hydrogens (tertiary/aromatic N) is 1. The zero-order valence-electron chi connectivity index (χ0n) is 12.7. The first kappa shape index (κ1) is 22.9. The molecule has 0 radical (unpaired) electrons. The van der Waals surface area contributed by atoms with Gasteiger partial charge < -0.3 is 10.1 Å². The summed E-state index contributed by atoms with van der Waals surface area (Å²) in [6.07, 6.45) is 0. The minimum atomic E-state index is -3.57. The van der Waals surface area contributed by atoms with Crippen molar-refractivity contribution in [3.05, 3.63) is 22.7 Å². The third-order valence-electron chi connectivity index (χ3n) is 3.34. The Morgan fingerprint density at radius 2 is 1.96 bits per heavy atom. The largest absolute Gasteiger partial charge is 0.495 e. The Bertz CT molecular complexity index is 584. The van der Waals surface area contributed by atoms with Crippen molar-refractivity contribution in [2.24, 2.45) is 0 Å². The van der Waals surface area contributed by atoms with E-state index in [1.807, 2.05) is 0 Å². The Kier molecular flexibility index (Phi) is 10.7. The SMILES string of the molecule is COc1ccc(Br)cc1S(=O)(=O)NCCN1CCNCC1.Cl.Cl. The molecule has 0 spiro atoms. The van der Waals surface area contributed by atoms with E-state index in [4.69, 9.17) is 4.74 Å². The van der Waals surface area contributed by atoms with E-state index in [0.29, 0.717) is 23.3 Å². The number of sulfonamides is 1. The summed E-state index contributed by atoms with van der Waals surface area (Å²) in [6.45, 7) is 4.89. The number of hydrogen-bond acceptors (Lipinski definition) is 5. The van der Waals surface area contributed by atoms with Gasteiger partial charge in [0.25, 0.3) is 0 Å². The molecular formula is C13H22BrCl2N3O3S. The predicted octanol–water partition coefficient (Wildman–Crippen LogP) is 1.48. The van der Waals surface area contributed by atoms with Crippen LogP contribution in [0.1, 0.15) is 0 Å². The van der Waals surface area contributed by atoms with Crippen LogP contribution in [0.4, 0.5) is 0 Å². The second-order valence-corrected chi connectivity index (χ2v) is 7.44. The molecule has 1 aliphatic heterocycles. The molecule has 1 heterocycles. The molecule has 10 heteroatoms. The van der Waals surface area contributed by atoms with Crippen LogP contribution >= 0.6 is 40.7 Å². The van der Waals surface area contributed by atoms with E-state index in [2.05, 4.69) is 30.9 Å². The zero-order valence-corrected chi connectivity index (χ0v) is 16.8. The quantitative estimate of drug-likeness (QED) is 0.686. The molecule has 2 N–H and O–H groups in total. The van der Waals surface area contributed by atoms with E-state index >= 15 is 0 Å². The summed E-state index contributed by atoms with van der Waals surface area (Å²) >= 11 is 3.29. The summed E-state index contributed by atoms with van der Waals surface area (Å²) < 4.78 is 33.2. The van der Waals surface area contributed by atoms with E-state index in [1.54, 1.807) is 18.2 Å². The number of rotatable bonds is 6. The minimum Gasteiger partial charge on any atom is -0.495 e. The van der Waals surface area contributed by atoms with Crippen molar-refractivity contribution in [3.63, 3.8) is 0 Å². The third kappa shape index (κ3) is 6.74. The highest BCUT2D eigenvalue weighted by atomic mass is 79.9. The van der Waals surface area contributed by atoms with Gasteiger partial charge in [-0.05, 0) is 18.2 Å². The lowest BCUT2D eigenvalue weighted by atomic mass is 10.3. The van der Waals surface area contributed by atoms with E-state index in [0.717, 1.165) is 26.2 Å². The molecule has 23 heavy (non-hydrogen) atoms. The molecule has 0 atom stereocenters. The lowest BCUT2D eigenvalue weighted by Crippen LogP contribution is -2.46.